The van der Waals surface area contributed by atoms with Gasteiger partial charge in [0.2, 0.25) is 0 Å². The number of halogens is 2. The second-order valence-corrected chi connectivity index (χ2v) is 8.67. The van der Waals surface area contributed by atoms with E-state index in [9.17, 15) is 18.4 Å². The summed E-state index contributed by atoms with van der Waals surface area (Å²) in [4.78, 5) is 28.0. The Kier molecular flexibility index (Phi) is 7.21. The SMILES string of the molecule is CC1CCN(c2ccc(NC(=O)c3ccc(F)cc3)cc2C(=O)NCc2ccc(F)cc2)CC1. The summed E-state index contributed by atoms with van der Waals surface area (Å²) >= 11 is 0. The molecule has 1 aliphatic heterocycles. The molecule has 2 N–H and O–H groups in total. The van der Waals surface area contributed by atoms with E-state index in [4.69, 9.17) is 0 Å². The van der Waals surface area contributed by atoms with Crippen molar-refractivity contribution in [2.45, 2.75) is 26.3 Å². The third-order valence-electron chi connectivity index (χ3n) is 6.10. The van der Waals surface area contributed by atoms with Crippen LogP contribution in [0, 0.1) is 17.6 Å². The lowest BCUT2D eigenvalue weighted by Gasteiger charge is -2.33. The van der Waals surface area contributed by atoms with Crippen LogP contribution in [0.5, 0.6) is 0 Å². The Bertz CT molecular complexity index is 1160. The highest BCUT2D eigenvalue weighted by atomic mass is 19.1. The van der Waals surface area contributed by atoms with Crippen LogP contribution >= 0.6 is 0 Å². The van der Waals surface area contributed by atoms with Crippen LogP contribution in [0.2, 0.25) is 0 Å². The highest BCUT2D eigenvalue weighted by Crippen LogP contribution is 2.29. The fourth-order valence-electron chi connectivity index (χ4n) is 4.01. The quantitative estimate of drug-likeness (QED) is 0.516. The minimum Gasteiger partial charge on any atom is -0.371 e. The van der Waals surface area contributed by atoms with Gasteiger partial charge in [0.1, 0.15) is 11.6 Å². The Morgan fingerprint density at radius 1 is 0.882 bits per heavy atom. The van der Waals surface area contributed by atoms with Crippen LogP contribution in [0.4, 0.5) is 20.2 Å². The van der Waals surface area contributed by atoms with Crippen molar-refractivity contribution >= 4 is 23.2 Å². The monoisotopic (exact) mass is 463 g/mol. The molecule has 0 aromatic heterocycles. The van der Waals surface area contributed by atoms with Crippen LogP contribution in [0.25, 0.3) is 0 Å². The molecule has 5 nitrogen and oxygen atoms in total. The van der Waals surface area contributed by atoms with E-state index < -0.39 is 11.7 Å². The van der Waals surface area contributed by atoms with Gasteiger partial charge in [-0.05, 0) is 78.9 Å². The summed E-state index contributed by atoms with van der Waals surface area (Å²) in [7, 11) is 0. The van der Waals surface area contributed by atoms with Crippen molar-refractivity contribution in [2.24, 2.45) is 5.92 Å². The van der Waals surface area contributed by atoms with Gasteiger partial charge in [-0.1, -0.05) is 19.1 Å². The molecule has 0 unspecified atom stereocenters. The van der Waals surface area contributed by atoms with Crippen LogP contribution in [-0.2, 0) is 6.54 Å². The lowest BCUT2D eigenvalue weighted by atomic mass is 9.97. The van der Waals surface area contributed by atoms with Gasteiger partial charge >= 0.3 is 0 Å². The zero-order chi connectivity index (χ0) is 24.1. The summed E-state index contributed by atoms with van der Waals surface area (Å²) in [5.41, 5.74) is 2.83. The van der Waals surface area contributed by atoms with Gasteiger partial charge in [-0.2, -0.15) is 0 Å². The molecule has 0 atom stereocenters. The Balaban J connectivity index is 1.56. The number of anilines is 2. The first kappa shape index (κ1) is 23.4. The molecule has 4 rings (SSSR count). The second-order valence-electron chi connectivity index (χ2n) is 8.67. The molecule has 1 aliphatic rings. The Hall–Kier alpha value is -3.74. The van der Waals surface area contributed by atoms with E-state index in [0.29, 0.717) is 22.7 Å². The molecule has 3 aromatic carbocycles. The number of nitrogens with one attached hydrogen (secondary N) is 2. The van der Waals surface area contributed by atoms with E-state index in [1.54, 1.807) is 24.3 Å². The summed E-state index contributed by atoms with van der Waals surface area (Å²) < 4.78 is 26.4. The number of nitrogens with zero attached hydrogens (tertiary/aromatic N) is 1. The first-order valence-electron chi connectivity index (χ1n) is 11.4. The average molecular weight is 464 g/mol. The number of benzene rings is 3. The number of hydrogen-bond acceptors (Lipinski definition) is 3. The normalized spacial score (nSPS) is 14.0. The maximum Gasteiger partial charge on any atom is 0.255 e. The van der Waals surface area contributed by atoms with Gasteiger partial charge in [-0.3, -0.25) is 9.59 Å². The molecule has 34 heavy (non-hydrogen) atoms. The third-order valence-corrected chi connectivity index (χ3v) is 6.10. The molecule has 0 aliphatic carbocycles. The standard InChI is InChI=1S/C27H27F2N3O2/c1-18-12-14-32(15-13-18)25-11-10-23(31-26(33)20-4-8-22(29)9-5-20)16-24(25)27(34)30-17-19-2-6-21(28)7-3-19/h2-11,16,18H,12-15,17H2,1H3,(H,30,34)(H,31,33). The maximum absolute atomic E-state index is 13.2. The summed E-state index contributed by atoms with van der Waals surface area (Å²) in [6, 6.07) is 16.5. The van der Waals surface area contributed by atoms with E-state index in [0.717, 1.165) is 37.2 Å². The summed E-state index contributed by atoms with van der Waals surface area (Å²) in [6.45, 7) is 4.17. The zero-order valence-corrected chi connectivity index (χ0v) is 19.0. The van der Waals surface area contributed by atoms with Gasteiger partial charge in [-0.25, -0.2) is 8.78 Å². The van der Waals surface area contributed by atoms with Crippen molar-refractivity contribution in [3.8, 4) is 0 Å². The Morgan fingerprint density at radius 3 is 2.15 bits per heavy atom. The van der Waals surface area contributed by atoms with Crippen molar-refractivity contribution in [3.05, 3.63) is 95.1 Å². The number of hydrogen-bond donors (Lipinski definition) is 2. The van der Waals surface area contributed by atoms with Gasteiger partial charge in [0.05, 0.1) is 5.56 Å². The molecule has 1 heterocycles. The molecule has 1 fully saturated rings. The predicted molar refractivity (Wildman–Crippen MR) is 129 cm³/mol. The molecular weight excluding hydrogens is 436 g/mol. The van der Waals surface area contributed by atoms with Crippen molar-refractivity contribution in [1.29, 1.82) is 0 Å². The highest BCUT2D eigenvalue weighted by Gasteiger charge is 2.22. The maximum atomic E-state index is 13.2. The van der Waals surface area contributed by atoms with Crippen LogP contribution in [0.15, 0.2) is 66.7 Å². The zero-order valence-electron chi connectivity index (χ0n) is 19.0. The number of amides is 2. The highest BCUT2D eigenvalue weighted by molar-refractivity contribution is 6.06. The molecule has 0 saturated carbocycles. The second kappa shape index (κ2) is 10.5. The number of rotatable bonds is 6. The van der Waals surface area contributed by atoms with Crippen molar-refractivity contribution in [1.82, 2.24) is 5.32 Å². The van der Waals surface area contributed by atoms with Crippen molar-refractivity contribution < 1.29 is 18.4 Å². The van der Waals surface area contributed by atoms with Gasteiger partial charge in [0.25, 0.3) is 11.8 Å². The lowest BCUT2D eigenvalue weighted by molar-refractivity contribution is 0.0950. The van der Waals surface area contributed by atoms with Crippen molar-refractivity contribution in [2.75, 3.05) is 23.3 Å². The molecule has 0 spiro atoms. The van der Waals surface area contributed by atoms with E-state index in [1.165, 1.54) is 36.4 Å². The van der Waals surface area contributed by atoms with Crippen LogP contribution < -0.4 is 15.5 Å². The summed E-state index contributed by atoms with van der Waals surface area (Å²) in [5, 5.41) is 5.69. The number of carbonyl (C=O) groups excluding carboxylic acids is 2. The summed E-state index contributed by atoms with van der Waals surface area (Å²) in [6.07, 6.45) is 2.08. The largest absolute Gasteiger partial charge is 0.371 e. The minimum absolute atomic E-state index is 0.252. The smallest absolute Gasteiger partial charge is 0.255 e. The van der Waals surface area contributed by atoms with E-state index in [-0.39, 0.29) is 18.3 Å². The third kappa shape index (κ3) is 5.78. The van der Waals surface area contributed by atoms with Crippen LogP contribution in [0.3, 0.4) is 0 Å². The van der Waals surface area contributed by atoms with Crippen LogP contribution in [-0.4, -0.2) is 24.9 Å². The molecule has 3 aromatic rings. The first-order chi connectivity index (χ1) is 16.4. The van der Waals surface area contributed by atoms with E-state index >= 15 is 0 Å². The number of carbonyl (C=O) groups is 2. The fourth-order valence-corrected chi connectivity index (χ4v) is 4.01. The van der Waals surface area contributed by atoms with Gasteiger partial charge < -0.3 is 15.5 Å². The molecular formula is C27H27F2N3O2. The molecule has 0 radical (unpaired) electrons. The van der Waals surface area contributed by atoms with Crippen LogP contribution in [0.1, 0.15) is 46.0 Å². The molecule has 2 amide bonds. The minimum atomic E-state index is -0.420. The average Bonchev–Trinajstić information content (AvgIpc) is 2.84. The lowest BCUT2D eigenvalue weighted by Crippen LogP contribution is -2.35. The Labute approximate surface area is 197 Å². The van der Waals surface area contributed by atoms with Crippen molar-refractivity contribution in [3.63, 3.8) is 0 Å². The first-order valence-corrected chi connectivity index (χ1v) is 11.4. The molecule has 0 bridgehead atoms. The van der Waals surface area contributed by atoms with Gasteiger partial charge in [-0.15, -0.1) is 0 Å². The van der Waals surface area contributed by atoms with E-state index in [2.05, 4.69) is 22.5 Å². The molecule has 176 valence electrons. The Morgan fingerprint density at radius 2 is 1.50 bits per heavy atom. The fraction of sp³-hybridized carbons (Fsp3) is 0.259. The number of piperidine rings is 1. The predicted octanol–water partition coefficient (Wildman–Crippen LogP) is 5.38. The molecule has 1 saturated heterocycles. The molecule has 7 heteroatoms. The van der Waals surface area contributed by atoms with Gasteiger partial charge in [0, 0.05) is 36.6 Å². The topological polar surface area (TPSA) is 61.4 Å². The van der Waals surface area contributed by atoms with Gasteiger partial charge in [0.15, 0.2) is 0 Å². The van der Waals surface area contributed by atoms with E-state index in [1.807, 2.05) is 6.07 Å². The summed E-state index contributed by atoms with van der Waals surface area (Å²) in [5.74, 6) is -0.785.